The molecule has 0 bridgehead atoms. The fourth-order valence-electron chi connectivity index (χ4n) is 1.68. The van der Waals surface area contributed by atoms with Gasteiger partial charge in [0.25, 0.3) is 0 Å². The third-order valence-corrected chi connectivity index (χ3v) is 2.52. The Hall–Kier alpha value is -1.39. The molecule has 84 valence electrons. The van der Waals surface area contributed by atoms with Gasteiger partial charge in [-0.05, 0) is 6.92 Å². The molecule has 0 spiro atoms. The quantitative estimate of drug-likeness (QED) is 0.499. The van der Waals surface area contributed by atoms with Gasteiger partial charge in [-0.15, -0.1) is 0 Å². The number of cyclic esters (lactones) is 1. The third kappa shape index (κ3) is 2.55. The van der Waals surface area contributed by atoms with Gasteiger partial charge in [0, 0.05) is 12.8 Å². The largest absolute Gasteiger partial charge is 0.462 e. The molecule has 0 amide bonds. The van der Waals surface area contributed by atoms with E-state index >= 15 is 0 Å². The van der Waals surface area contributed by atoms with E-state index in [4.69, 9.17) is 9.47 Å². The lowest BCUT2D eigenvalue weighted by molar-refractivity contribution is -0.153. The number of ether oxygens (including phenoxy) is 2. The Labute approximate surface area is 87.7 Å². The first-order chi connectivity index (χ1) is 6.93. The van der Waals surface area contributed by atoms with Crippen LogP contribution in [-0.4, -0.2) is 30.4 Å². The summed E-state index contributed by atoms with van der Waals surface area (Å²) in [5, 5.41) is 0. The average molecular weight is 214 g/mol. The highest BCUT2D eigenvalue weighted by molar-refractivity contribution is 5.99. The van der Waals surface area contributed by atoms with Crippen LogP contribution in [0.25, 0.3) is 0 Å². The van der Waals surface area contributed by atoms with E-state index in [0.29, 0.717) is 0 Å². The van der Waals surface area contributed by atoms with Crippen LogP contribution in [0, 0.1) is 11.8 Å². The first-order valence-electron chi connectivity index (χ1n) is 4.77. The van der Waals surface area contributed by atoms with Crippen LogP contribution in [0.3, 0.4) is 0 Å². The molecular formula is C10H14O5. The minimum Gasteiger partial charge on any atom is -0.462 e. The van der Waals surface area contributed by atoms with Crippen molar-refractivity contribution in [3.63, 3.8) is 0 Å². The molecule has 1 heterocycles. The maximum Gasteiger partial charge on any atom is 0.317 e. The van der Waals surface area contributed by atoms with Crippen LogP contribution in [-0.2, 0) is 23.9 Å². The third-order valence-electron chi connectivity index (χ3n) is 2.52. The van der Waals surface area contributed by atoms with Crippen molar-refractivity contribution in [2.45, 2.75) is 26.9 Å². The van der Waals surface area contributed by atoms with Crippen molar-refractivity contribution in [2.24, 2.45) is 11.8 Å². The van der Waals surface area contributed by atoms with E-state index in [-0.39, 0.29) is 18.3 Å². The molecule has 0 N–H and O–H groups in total. The Kier molecular flexibility index (Phi) is 3.44. The van der Waals surface area contributed by atoms with Crippen LogP contribution >= 0.6 is 0 Å². The number of Topliss-reactive ketones (excluding diaryl/α,β-unsaturated/α-hetero) is 1. The maximum atomic E-state index is 11.3. The van der Waals surface area contributed by atoms with E-state index in [1.54, 1.807) is 6.92 Å². The van der Waals surface area contributed by atoms with Crippen molar-refractivity contribution < 1.29 is 23.9 Å². The average Bonchev–Trinajstić information content (AvgIpc) is 2.37. The topological polar surface area (TPSA) is 69.7 Å². The van der Waals surface area contributed by atoms with Gasteiger partial charge in [-0.3, -0.25) is 14.4 Å². The Morgan fingerprint density at radius 3 is 2.40 bits per heavy atom. The number of hydrogen-bond donors (Lipinski definition) is 0. The molecule has 1 rings (SSSR count). The van der Waals surface area contributed by atoms with Crippen LogP contribution in [0.2, 0.25) is 0 Å². The van der Waals surface area contributed by atoms with Crippen molar-refractivity contribution in [2.75, 3.05) is 6.61 Å². The van der Waals surface area contributed by atoms with Crippen LogP contribution in [0.5, 0.6) is 0 Å². The summed E-state index contributed by atoms with van der Waals surface area (Å²) < 4.78 is 9.71. The number of carbonyl (C=O) groups excluding carboxylic acids is 3. The Bertz CT molecular complexity index is 296. The second-order valence-electron chi connectivity index (χ2n) is 3.73. The summed E-state index contributed by atoms with van der Waals surface area (Å²) >= 11 is 0. The highest BCUT2D eigenvalue weighted by atomic mass is 16.6. The molecule has 0 unspecified atom stereocenters. The molecule has 0 radical (unpaired) electrons. The Balaban J connectivity index is 2.60. The SMILES string of the molecule is CC(=O)OC[C@H]1OC(=O)[C@@H](C(C)=O)[C@@H]1C. The zero-order chi connectivity index (χ0) is 11.6. The standard InChI is InChI=1S/C10H14O5/c1-5-8(4-14-7(3)12)15-10(13)9(5)6(2)11/h5,8-9H,4H2,1-3H3/t5-,8-,9-/m1/s1. The van der Waals surface area contributed by atoms with Crippen molar-refractivity contribution in [3.8, 4) is 0 Å². The minimum absolute atomic E-state index is 0.0199. The zero-order valence-corrected chi connectivity index (χ0v) is 8.98. The van der Waals surface area contributed by atoms with Crippen LogP contribution in [0.1, 0.15) is 20.8 Å². The van der Waals surface area contributed by atoms with Gasteiger partial charge in [0.2, 0.25) is 0 Å². The van der Waals surface area contributed by atoms with Crippen molar-refractivity contribution in [1.82, 2.24) is 0 Å². The highest BCUT2D eigenvalue weighted by Crippen LogP contribution is 2.28. The predicted octanol–water partition coefficient (Wildman–Crippen LogP) is 0.316. The number of hydrogen-bond acceptors (Lipinski definition) is 5. The number of carbonyl (C=O) groups is 3. The highest BCUT2D eigenvalue weighted by Gasteiger charge is 2.44. The molecule has 0 saturated carbocycles. The van der Waals surface area contributed by atoms with Gasteiger partial charge in [-0.1, -0.05) is 6.92 Å². The van der Waals surface area contributed by atoms with E-state index < -0.39 is 24.0 Å². The smallest absolute Gasteiger partial charge is 0.317 e. The van der Waals surface area contributed by atoms with Gasteiger partial charge in [0.05, 0.1) is 0 Å². The van der Waals surface area contributed by atoms with Crippen molar-refractivity contribution in [3.05, 3.63) is 0 Å². The van der Waals surface area contributed by atoms with Gasteiger partial charge in [-0.25, -0.2) is 0 Å². The second kappa shape index (κ2) is 4.42. The van der Waals surface area contributed by atoms with E-state index in [1.807, 2.05) is 0 Å². The van der Waals surface area contributed by atoms with Gasteiger partial charge in [0.1, 0.15) is 24.4 Å². The predicted molar refractivity (Wildman–Crippen MR) is 49.8 cm³/mol. The molecule has 1 fully saturated rings. The fraction of sp³-hybridized carbons (Fsp3) is 0.700. The van der Waals surface area contributed by atoms with E-state index in [9.17, 15) is 14.4 Å². The molecule has 5 nitrogen and oxygen atoms in total. The summed E-state index contributed by atoms with van der Waals surface area (Å²) in [6.45, 7) is 4.40. The van der Waals surface area contributed by atoms with E-state index in [0.717, 1.165) is 0 Å². The lowest BCUT2D eigenvalue weighted by atomic mass is 9.90. The minimum atomic E-state index is -0.717. The molecule has 1 aliphatic heterocycles. The van der Waals surface area contributed by atoms with E-state index in [1.165, 1.54) is 13.8 Å². The number of rotatable bonds is 3. The molecule has 0 aliphatic carbocycles. The summed E-state index contributed by atoms with van der Waals surface area (Å²) in [7, 11) is 0. The zero-order valence-electron chi connectivity index (χ0n) is 8.98. The van der Waals surface area contributed by atoms with Crippen molar-refractivity contribution in [1.29, 1.82) is 0 Å². The molecular weight excluding hydrogens is 200 g/mol. The molecule has 1 aliphatic rings. The van der Waals surface area contributed by atoms with Gasteiger partial charge >= 0.3 is 11.9 Å². The van der Waals surface area contributed by atoms with Crippen LogP contribution < -0.4 is 0 Å². The number of esters is 2. The van der Waals surface area contributed by atoms with Crippen LogP contribution in [0.15, 0.2) is 0 Å². The van der Waals surface area contributed by atoms with E-state index in [2.05, 4.69) is 0 Å². The Morgan fingerprint density at radius 1 is 1.40 bits per heavy atom. The summed E-state index contributed by atoms with van der Waals surface area (Å²) in [5.74, 6) is -2.12. The summed E-state index contributed by atoms with van der Waals surface area (Å²) in [6, 6.07) is 0. The molecule has 1 saturated heterocycles. The summed E-state index contributed by atoms with van der Waals surface area (Å²) in [5.41, 5.74) is 0. The first-order valence-corrected chi connectivity index (χ1v) is 4.77. The van der Waals surface area contributed by atoms with Gasteiger partial charge in [0.15, 0.2) is 0 Å². The monoisotopic (exact) mass is 214 g/mol. The Morgan fingerprint density at radius 2 is 2.00 bits per heavy atom. The lowest BCUT2D eigenvalue weighted by Gasteiger charge is -2.14. The van der Waals surface area contributed by atoms with Gasteiger partial charge < -0.3 is 9.47 Å². The molecule has 0 aromatic rings. The molecule has 5 heteroatoms. The van der Waals surface area contributed by atoms with Crippen molar-refractivity contribution >= 4 is 17.7 Å². The normalized spacial score (nSPS) is 29.8. The summed E-state index contributed by atoms with van der Waals surface area (Å²) in [4.78, 5) is 33.0. The summed E-state index contributed by atoms with van der Waals surface area (Å²) in [6.07, 6.45) is -0.504. The lowest BCUT2D eigenvalue weighted by Crippen LogP contribution is -2.26. The molecule has 0 aromatic heterocycles. The molecule has 15 heavy (non-hydrogen) atoms. The number of ketones is 1. The maximum absolute atomic E-state index is 11.3. The second-order valence-corrected chi connectivity index (χ2v) is 3.73. The van der Waals surface area contributed by atoms with Crippen LogP contribution in [0.4, 0.5) is 0 Å². The molecule has 3 atom stereocenters. The van der Waals surface area contributed by atoms with Gasteiger partial charge in [-0.2, -0.15) is 0 Å². The fourth-order valence-corrected chi connectivity index (χ4v) is 1.68. The molecule has 0 aromatic carbocycles. The first kappa shape index (κ1) is 11.7.